The zero-order chi connectivity index (χ0) is 36.3. The first-order chi connectivity index (χ1) is 27.3. The van der Waals surface area contributed by atoms with Crippen LogP contribution in [0.4, 0.5) is 17.1 Å². The Bertz CT molecular complexity index is 2750. The van der Waals surface area contributed by atoms with Crippen molar-refractivity contribution in [3.8, 4) is 33.4 Å². The molecule has 1 nitrogen and oxygen atoms in total. The van der Waals surface area contributed by atoms with Gasteiger partial charge in [-0.05, 0) is 97.4 Å². The lowest BCUT2D eigenvalue weighted by Crippen LogP contribution is -2.32. The van der Waals surface area contributed by atoms with Gasteiger partial charge in [-0.1, -0.05) is 188 Å². The molecule has 0 bridgehead atoms. The van der Waals surface area contributed by atoms with Gasteiger partial charge in [0.15, 0.2) is 0 Å². The van der Waals surface area contributed by atoms with E-state index in [2.05, 4.69) is 217 Å². The summed E-state index contributed by atoms with van der Waals surface area (Å²) in [5.41, 5.74) is 15.7. The quantitative estimate of drug-likeness (QED) is 0.174. The largest absolute Gasteiger partial charge is 0.310 e. The Morgan fingerprint density at radius 1 is 0.345 bits per heavy atom. The summed E-state index contributed by atoms with van der Waals surface area (Å²) < 4.78 is 0. The van der Waals surface area contributed by atoms with Gasteiger partial charge >= 0.3 is 0 Å². The number of anilines is 3. The fourth-order valence-corrected chi connectivity index (χ4v) is 10.4. The molecule has 9 aromatic rings. The zero-order valence-electron chi connectivity index (χ0n) is 30.1. The van der Waals surface area contributed by atoms with Crippen molar-refractivity contribution in [2.24, 2.45) is 0 Å². The Labute approximate surface area is 326 Å². The molecule has 0 aromatic heterocycles. The van der Waals surface area contributed by atoms with E-state index in [-0.39, 0.29) is 0 Å². The van der Waals surface area contributed by atoms with Crippen LogP contribution in [0.5, 0.6) is 0 Å². The Kier molecular flexibility index (Phi) is 7.40. The highest BCUT2D eigenvalue weighted by molar-refractivity contribution is 7.99. The molecule has 0 saturated heterocycles. The van der Waals surface area contributed by atoms with Crippen LogP contribution >= 0.6 is 11.8 Å². The van der Waals surface area contributed by atoms with Crippen molar-refractivity contribution in [3.05, 3.63) is 235 Å². The Morgan fingerprint density at radius 2 is 0.782 bits per heavy atom. The lowest BCUT2D eigenvalue weighted by Gasteiger charge is -2.41. The number of nitrogens with zero attached hydrogens (tertiary/aromatic N) is 1. The van der Waals surface area contributed by atoms with Crippen molar-refractivity contribution >= 4 is 39.6 Å². The van der Waals surface area contributed by atoms with Gasteiger partial charge in [0.1, 0.15) is 0 Å². The normalized spacial score (nSPS) is 13.2. The average molecular weight is 718 g/mol. The van der Waals surface area contributed by atoms with Gasteiger partial charge in [0.25, 0.3) is 0 Å². The zero-order valence-corrected chi connectivity index (χ0v) is 30.9. The number of fused-ring (bicyclic) bond motifs is 11. The second kappa shape index (κ2) is 12.8. The van der Waals surface area contributed by atoms with Crippen molar-refractivity contribution in [3.63, 3.8) is 0 Å². The Hall–Kier alpha value is -6.61. The van der Waals surface area contributed by atoms with E-state index in [1.807, 2.05) is 11.8 Å². The highest BCUT2D eigenvalue weighted by Crippen LogP contribution is 2.64. The van der Waals surface area contributed by atoms with Crippen LogP contribution in [-0.2, 0) is 5.41 Å². The maximum atomic E-state index is 2.52. The number of benzene rings is 9. The van der Waals surface area contributed by atoms with Crippen LogP contribution in [0.25, 0.3) is 44.2 Å². The molecule has 0 fully saturated rings. The molecule has 0 atom stereocenters. The fraction of sp³-hybridized carbons (Fsp3) is 0.0189. The summed E-state index contributed by atoms with van der Waals surface area (Å²) in [6.45, 7) is 0. The van der Waals surface area contributed by atoms with E-state index in [1.54, 1.807) is 0 Å². The van der Waals surface area contributed by atoms with Gasteiger partial charge in [0.05, 0.1) is 11.1 Å². The van der Waals surface area contributed by atoms with E-state index in [4.69, 9.17) is 0 Å². The van der Waals surface area contributed by atoms with Crippen molar-refractivity contribution in [2.75, 3.05) is 4.90 Å². The van der Waals surface area contributed by atoms with Gasteiger partial charge < -0.3 is 4.90 Å². The molecule has 2 heteroatoms. The second-order valence-electron chi connectivity index (χ2n) is 14.4. The van der Waals surface area contributed by atoms with E-state index >= 15 is 0 Å². The summed E-state index contributed by atoms with van der Waals surface area (Å²) in [5, 5.41) is 2.49. The van der Waals surface area contributed by atoms with Crippen LogP contribution < -0.4 is 4.90 Å². The summed E-state index contributed by atoms with van der Waals surface area (Å²) in [4.78, 5) is 5.10. The molecule has 0 N–H and O–H groups in total. The molecule has 2 aliphatic rings. The molecular weight excluding hydrogens is 683 g/mol. The molecular formula is C53H35NS. The van der Waals surface area contributed by atoms with E-state index in [0.29, 0.717) is 0 Å². The van der Waals surface area contributed by atoms with Crippen LogP contribution in [0.1, 0.15) is 22.3 Å². The van der Waals surface area contributed by atoms with Gasteiger partial charge in [-0.15, -0.1) is 0 Å². The predicted molar refractivity (Wildman–Crippen MR) is 231 cm³/mol. The molecule has 0 saturated carbocycles. The van der Waals surface area contributed by atoms with E-state index in [1.165, 1.54) is 76.2 Å². The monoisotopic (exact) mass is 717 g/mol. The van der Waals surface area contributed by atoms with Gasteiger partial charge in [0, 0.05) is 26.6 Å². The minimum Gasteiger partial charge on any atom is -0.310 e. The van der Waals surface area contributed by atoms with Crippen LogP contribution in [0.2, 0.25) is 0 Å². The number of hydrogen-bond acceptors (Lipinski definition) is 2. The summed E-state index contributed by atoms with van der Waals surface area (Å²) in [5.74, 6) is 0. The summed E-state index contributed by atoms with van der Waals surface area (Å²) in [6.07, 6.45) is 0. The van der Waals surface area contributed by atoms with Crippen LogP contribution in [-0.4, -0.2) is 0 Å². The average Bonchev–Trinajstić information content (AvgIpc) is 3.56. The molecule has 1 aliphatic carbocycles. The van der Waals surface area contributed by atoms with E-state index in [0.717, 1.165) is 17.1 Å². The molecule has 11 rings (SSSR count). The first kappa shape index (κ1) is 31.9. The van der Waals surface area contributed by atoms with Crippen LogP contribution in [0.15, 0.2) is 222 Å². The lowest BCUT2D eigenvalue weighted by atomic mass is 9.67. The third-order valence-electron chi connectivity index (χ3n) is 11.5. The first-order valence-electron chi connectivity index (χ1n) is 18.9. The maximum absolute atomic E-state index is 2.52. The highest BCUT2D eigenvalue weighted by Gasteiger charge is 2.50. The highest BCUT2D eigenvalue weighted by atomic mass is 32.2. The van der Waals surface area contributed by atoms with Crippen LogP contribution in [0, 0.1) is 0 Å². The fourth-order valence-electron chi connectivity index (χ4n) is 9.13. The van der Waals surface area contributed by atoms with Gasteiger partial charge in [-0.2, -0.15) is 0 Å². The second-order valence-corrected chi connectivity index (χ2v) is 15.5. The molecule has 258 valence electrons. The van der Waals surface area contributed by atoms with Crippen LogP contribution in [0.3, 0.4) is 0 Å². The summed E-state index contributed by atoms with van der Waals surface area (Å²) in [7, 11) is 0. The topological polar surface area (TPSA) is 3.24 Å². The molecule has 1 heterocycles. The summed E-state index contributed by atoms with van der Waals surface area (Å²) in [6, 6.07) is 78.2. The minimum atomic E-state index is -0.483. The molecule has 0 amide bonds. The summed E-state index contributed by atoms with van der Waals surface area (Å²) >= 11 is 1.91. The third-order valence-corrected chi connectivity index (χ3v) is 12.8. The Balaban J connectivity index is 1.20. The van der Waals surface area contributed by atoms with E-state index in [9.17, 15) is 0 Å². The van der Waals surface area contributed by atoms with Gasteiger partial charge in [-0.3, -0.25) is 0 Å². The van der Waals surface area contributed by atoms with Gasteiger partial charge in [-0.25, -0.2) is 0 Å². The molecule has 0 unspecified atom stereocenters. The SMILES string of the molecule is c1ccc(-c2ccc(N(c3ccc(-c4ccccc4)cc3)c3cc4c(c5ccccc35)Sc3ccccc3C43c4ccccc4-c4ccccc43)cc2)cc1. The van der Waals surface area contributed by atoms with E-state index < -0.39 is 5.41 Å². The van der Waals surface area contributed by atoms with Crippen molar-refractivity contribution in [1.29, 1.82) is 0 Å². The first-order valence-corrected chi connectivity index (χ1v) is 19.7. The Morgan fingerprint density at radius 3 is 1.35 bits per heavy atom. The molecule has 1 spiro atoms. The predicted octanol–water partition coefficient (Wildman–Crippen LogP) is 14.5. The van der Waals surface area contributed by atoms with Crippen molar-refractivity contribution in [1.82, 2.24) is 0 Å². The molecule has 9 aromatic carbocycles. The van der Waals surface area contributed by atoms with Crippen molar-refractivity contribution < 1.29 is 0 Å². The number of rotatable bonds is 5. The minimum absolute atomic E-state index is 0.483. The standard InChI is InChI=1S/C53H35NS/c1-3-15-36(16-4-1)38-27-31-40(32-28-38)54(41-33-29-39(30-34-41)37-17-5-2-6-18-37)50-35-49-52(45-22-8-7-21-44(45)50)55-51-26-14-13-25-48(51)53(49)46-23-11-9-19-42(46)43-20-10-12-24-47(43)53/h1-35H. The lowest BCUT2D eigenvalue weighted by molar-refractivity contribution is 0.726. The molecule has 55 heavy (non-hydrogen) atoms. The van der Waals surface area contributed by atoms with Gasteiger partial charge in [0.2, 0.25) is 0 Å². The molecule has 1 aliphatic heterocycles. The number of hydrogen-bond donors (Lipinski definition) is 0. The van der Waals surface area contributed by atoms with Crippen molar-refractivity contribution in [2.45, 2.75) is 15.2 Å². The smallest absolute Gasteiger partial charge is 0.0736 e. The molecule has 0 radical (unpaired) electrons. The maximum Gasteiger partial charge on any atom is 0.0736 e. The third kappa shape index (κ3) is 4.88.